The molecule has 7 nitrogen and oxygen atoms in total. The number of carboxylic acids is 1. The number of carbonyl (C=O) groups is 1. The van der Waals surface area contributed by atoms with Gasteiger partial charge >= 0.3 is 5.97 Å². The third-order valence-corrected chi connectivity index (χ3v) is 2.57. The third-order valence-electron chi connectivity index (χ3n) is 2.57. The van der Waals surface area contributed by atoms with Crippen molar-refractivity contribution in [1.82, 2.24) is 0 Å². The van der Waals surface area contributed by atoms with Crippen LogP contribution in [0, 0.1) is 0 Å². The normalized spacial score (nSPS) is 39.6. The first-order valence-electron chi connectivity index (χ1n) is 4.71. The molecule has 2 N–H and O–H groups in total. The van der Waals surface area contributed by atoms with E-state index in [1.54, 1.807) is 0 Å². The van der Waals surface area contributed by atoms with Gasteiger partial charge in [0.25, 0.3) is 0 Å². The minimum Gasteiger partial charge on any atom is -0.479 e. The maximum atomic E-state index is 10.9. The fourth-order valence-corrected chi connectivity index (χ4v) is 1.80. The summed E-state index contributed by atoms with van der Waals surface area (Å²) >= 11 is 0. The van der Waals surface area contributed by atoms with Crippen molar-refractivity contribution < 1.29 is 34.0 Å². The van der Waals surface area contributed by atoms with E-state index in [-0.39, 0.29) is 0 Å². The first kappa shape index (κ1) is 13.3. The highest BCUT2D eigenvalue weighted by Gasteiger charge is 2.49. The standard InChI is InChI=1S/C9H16O7/c1-13-4-5(14-2)7(15-3)9(12)16-6(4)8(10)11/h4-7,9,12H,1-3H3,(H,10,11)/t4-,5-,6-,7+,9+/m0/s1. The van der Waals surface area contributed by atoms with E-state index in [0.29, 0.717) is 0 Å². The zero-order valence-electron chi connectivity index (χ0n) is 9.32. The summed E-state index contributed by atoms with van der Waals surface area (Å²) in [5, 5.41) is 18.5. The summed E-state index contributed by atoms with van der Waals surface area (Å²) in [6.07, 6.45) is -4.97. The molecule has 94 valence electrons. The van der Waals surface area contributed by atoms with Crippen molar-refractivity contribution >= 4 is 5.97 Å². The summed E-state index contributed by atoms with van der Waals surface area (Å²) < 4.78 is 20.0. The maximum Gasteiger partial charge on any atom is 0.335 e. The molecule has 0 aromatic rings. The molecule has 0 aliphatic carbocycles. The summed E-state index contributed by atoms with van der Waals surface area (Å²) in [6, 6.07) is 0. The molecule has 0 radical (unpaired) electrons. The summed E-state index contributed by atoms with van der Waals surface area (Å²) in [4.78, 5) is 10.9. The molecule has 1 fully saturated rings. The Kier molecular flexibility index (Phi) is 4.63. The molecule has 1 rings (SSSR count). The minimum atomic E-state index is -1.36. The molecule has 1 saturated heterocycles. The van der Waals surface area contributed by atoms with Crippen molar-refractivity contribution in [2.24, 2.45) is 0 Å². The Labute approximate surface area is 92.9 Å². The lowest BCUT2D eigenvalue weighted by Crippen LogP contribution is -2.61. The molecule has 0 spiro atoms. The Morgan fingerprint density at radius 1 is 1.06 bits per heavy atom. The largest absolute Gasteiger partial charge is 0.479 e. The summed E-state index contributed by atoms with van der Waals surface area (Å²) in [5.74, 6) is -1.22. The monoisotopic (exact) mass is 236 g/mol. The van der Waals surface area contributed by atoms with Gasteiger partial charge in [-0.3, -0.25) is 0 Å². The van der Waals surface area contributed by atoms with Gasteiger partial charge < -0.3 is 29.2 Å². The van der Waals surface area contributed by atoms with Crippen LogP contribution in [0.4, 0.5) is 0 Å². The maximum absolute atomic E-state index is 10.9. The van der Waals surface area contributed by atoms with Gasteiger partial charge in [-0.2, -0.15) is 0 Å². The van der Waals surface area contributed by atoms with Crippen molar-refractivity contribution in [2.75, 3.05) is 21.3 Å². The Hall–Kier alpha value is -0.730. The van der Waals surface area contributed by atoms with Crippen molar-refractivity contribution in [2.45, 2.75) is 30.7 Å². The molecule has 0 aromatic heterocycles. The van der Waals surface area contributed by atoms with Crippen LogP contribution in [0.5, 0.6) is 0 Å². The van der Waals surface area contributed by atoms with Crippen LogP contribution in [0.1, 0.15) is 0 Å². The van der Waals surface area contributed by atoms with Crippen LogP contribution >= 0.6 is 0 Å². The van der Waals surface area contributed by atoms with E-state index in [9.17, 15) is 9.90 Å². The lowest BCUT2D eigenvalue weighted by Gasteiger charge is -2.41. The van der Waals surface area contributed by atoms with E-state index in [0.717, 1.165) is 0 Å². The van der Waals surface area contributed by atoms with Gasteiger partial charge in [-0.05, 0) is 0 Å². The zero-order valence-corrected chi connectivity index (χ0v) is 9.32. The highest BCUT2D eigenvalue weighted by molar-refractivity contribution is 5.73. The molecule has 0 bridgehead atoms. The van der Waals surface area contributed by atoms with Crippen LogP contribution < -0.4 is 0 Å². The highest BCUT2D eigenvalue weighted by Crippen LogP contribution is 2.25. The number of hydrogen-bond donors (Lipinski definition) is 2. The molecule has 1 heterocycles. The molecule has 0 saturated carbocycles. The zero-order chi connectivity index (χ0) is 12.3. The van der Waals surface area contributed by atoms with Gasteiger partial charge in [0.2, 0.25) is 0 Å². The quantitative estimate of drug-likeness (QED) is 0.635. The average molecular weight is 236 g/mol. The van der Waals surface area contributed by atoms with E-state index in [1.165, 1.54) is 21.3 Å². The molecule has 16 heavy (non-hydrogen) atoms. The smallest absolute Gasteiger partial charge is 0.335 e. The summed E-state index contributed by atoms with van der Waals surface area (Å²) in [7, 11) is 4.11. The second-order valence-electron chi connectivity index (χ2n) is 3.39. The number of ether oxygens (including phenoxy) is 4. The molecule has 7 heteroatoms. The van der Waals surface area contributed by atoms with E-state index in [1.807, 2.05) is 0 Å². The molecular weight excluding hydrogens is 220 g/mol. The number of aliphatic hydroxyl groups excluding tert-OH is 1. The molecule has 5 atom stereocenters. The number of methoxy groups -OCH3 is 3. The lowest BCUT2D eigenvalue weighted by molar-refractivity contribution is -0.292. The number of aliphatic carboxylic acids is 1. The van der Waals surface area contributed by atoms with Crippen LogP contribution in [-0.4, -0.2) is 68.2 Å². The van der Waals surface area contributed by atoms with Gasteiger partial charge in [0.05, 0.1) is 0 Å². The van der Waals surface area contributed by atoms with Crippen molar-refractivity contribution in [1.29, 1.82) is 0 Å². The van der Waals surface area contributed by atoms with Gasteiger partial charge in [0.15, 0.2) is 12.4 Å². The van der Waals surface area contributed by atoms with Gasteiger partial charge in [0.1, 0.15) is 18.3 Å². The van der Waals surface area contributed by atoms with Crippen LogP contribution in [0.2, 0.25) is 0 Å². The predicted octanol–water partition coefficient (Wildman–Crippen LogP) is -1.17. The first-order valence-corrected chi connectivity index (χ1v) is 4.71. The molecule has 0 amide bonds. The van der Waals surface area contributed by atoms with Crippen molar-refractivity contribution in [3.8, 4) is 0 Å². The number of carboxylic acid groups (broad SMARTS) is 1. The number of aliphatic hydroxyl groups is 1. The third kappa shape index (κ3) is 2.33. The van der Waals surface area contributed by atoms with Crippen LogP contribution in [-0.2, 0) is 23.7 Å². The minimum absolute atomic E-state index is 0.708. The van der Waals surface area contributed by atoms with Crippen molar-refractivity contribution in [3.05, 3.63) is 0 Å². The molecule has 1 aliphatic rings. The molecule has 0 aromatic carbocycles. The predicted molar refractivity (Wildman–Crippen MR) is 50.9 cm³/mol. The van der Waals surface area contributed by atoms with Gasteiger partial charge in [-0.1, -0.05) is 0 Å². The molecule has 1 aliphatic heterocycles. The highest BCUT2D eigenvalue weighted by atomic mass is 16.7. The van der Waals surface area contributed by atoms with Gasteiger partial charge in [0, 0.05) is 21.3 Å². The van der Waals surface area contributed by atoms with Crippen molar-refractivity contribution in [3.63, 3.8) is 0 Å². The van der Waals surface area contributed by atoms with Gasteiger partial charge in [-0.15, -0.1) is 0 Å². The van der Waals surface area contributed by atoms with Gasteiger partial charge in [-0.25, -0.2) is 4.79 Å². The molecular formula is C9H16O7. The second kappa shape index (κ2) is 5.55. The van der Waals surface area contributed by atoms with E-state index >= 15 is 0 Å². The fraction of sp³-hybridized carbons (Fsp3) is 0.889. The Morgan fingerprint density at radius 3 is 1.94 bits per heavy atom. The van der Waals surface area contributed by atoms with Crippen LogP contribution in [0.25, 0.3) is 0 Å². The van der Waals surface area contributed by atoms with E-state index < -0.39 is 36.7 Å². The van der Waals surface area contributed by atoms with Crippen LogP contribution in [0.3, 0.4) is 0 Å². The number of rotatable bonds is 4. The Balaban J connectivity index is 2.91. The topological polar surface area (TPSA) is 94.5 Å². The SMILES string of the molecule is CO[C@@H]1[C@@H](OC)[C@H](O)O[C@H](C(=O)O)[C@H]1OC. The fourth-order valence-electron chi connectivity index (χ4n) is 1.80. The average Bonchev–Trinajstić information content (AvgIpc) is 2.27. The Morgan fingerprint density at radius 2 is 1.56 bits per heavy atom. The second-order valence-corrected chi connectivity index (χ2v) is 3.39. The number of hydrogen-bond acceptors (Lipinski definition) is 6. The van der Waals surface area contributed by atoms with Crippen LogP contribution in [0.15, 0.2) is 0 Å². The lowest BCUT2D eigenvalue weighted by atomic mass is 9.98. The summed E-state index contributed by atoms with van der Waals surface area (Å²) in [5.41, 5.74) is 0. The first-order chi connectivity index (χ1) is 7.56. The van der Waals surface area contributed by atoms with E-state index in [4.69, 9.17) is 24.1 Å². The summed E-state index contributed by atoms with van der Waals surface area (Å²) in [6.45, 7) is 0. The Bertz CT molecular complexity index is 244. The van der Waals surface area contributed by atoms with E-state index in [2.05, 4.69) is 0 Å². The molecule has 0 unspecified atom stereocenters.